The van der Waals surface area contributed by atoms with Crippen molar-refractivity contribution in [3.8, 4) is 23.0 Å². The maximum atomic E-state index is 11.3. The molecule has 2 aromatic carbocycles. The van der Waals surface area contributed by atoms with Crippen LogP contribution < -0.4 is 9.72 Å². The highest BCUT2D eigenvalue weighted by Crippen LogP contribution is 2.52. The number of ether oxygens (including phenoxy) is 2. The summed E-state index contributed by atoms with van der Waals surface area (Å²) < 4.78 is 12.3. The highest BCUT2D eigenvalue weighted by Gasteiger charge is 2.44. The molecule has 0 bridgehead atoms. The summed E-state index contributed by atoms with van der Waals surface area (Å²) in [6.07, 6.45) is 6.85. The Hall–Kier alpha value is -3.20. The maximum absolute atomic E-state index is 11.3. The molecule has 0 spiro atoms. The third kappa shape index (κ3) is 5.92. The summed E-state index contributed by atoms with van der Waals surface area (Å²) in [5.41, 5.74) is 4.33. The fourth-order valence-corrected chi connectivity index (χ4v) is 6.80. The quantitative estimate of drug-likeness (QED) is 0.224. The van der Waals surface area contributed by atoms with Crippen molar-refractivity contribution in [2.45, 2.75) is 89.6 Å². The molecule has 5 unspecified atom stereocenters. The van der Waals surface area contributed by atoms with Gasteiger partial charge in [-0.3, -0.25) is 0 Å². The Morgan fingerprint density at radius 1 is 1.05 bits per heavy atom. The number of nitrogens with zero attached hydrogens (tertiary/aromatic N) is 1. The molecule has 2 fully saturated rings. The molecule has 1 aliphatic carbocycles. The lowest BCUT2D eigenvalue weighted by atomic mass is 9.71. The van der Waals surface area contributed by atoms with Crippen molar-refractivity contribution in [1.82, 2.24) is 4.98 Å². The standard InChI is InChI=1S/C33H42NO7/c1-18(2)4-5-22-13-20(7-9-26(22)36)21-6-8-23-27(37)15-29(41-28(23)14-21)30-24(12-19-10-11-34-16-19)33(40-3)32(39)31(38)25(30)17-35/h7,9-11,13,16,18,21,23,27-29,35-39H,4-6,8,12,14-15,17H2,1-3H3/q-1. The van der Waals surface area contributed by atoms with Gasteiger partial charge in [-0.25, -0.2) is 0 Å². The van der Waals surface area contributed by atoms with Gasteiger partial charge in [0.15, 0.2) is 11.5 Å². The molecule has 5 N–H and O–H groups in total. The van der Waals surface area contributed by atoms with Crippen LogP contribution in [0.25, 0.3) is 0 Å². The van der Waals surface area contributed by atoms with Gasteiger partial charge in [0.2, 0.25) is 5.75 Å². The normalized spacial score (nSPS) is 24.4. The van der Waals surface area contributed by atoms with E-state index in [-0.39, 0.29) is 29.3 Å². The smallest absolute Gasteiger partial charge is 0.201 e. The molecule has 1 aromatic heterocycles. The number of rotatable bonds is 9. The summed E-state index contributed by atoms with van der Waals surface area (Å²) >= 11 is 0. The van der Waals surface area contributed by atoms with Gasteiger partial charge in [0.1, 0.15) is 5.75 Å². The third-order valence-electron chi connectivity index (χ3n) is 9.03. The van der Waals surface area contributed by atoms with E-state index in [1.165, 1.54) is 12.7 Å². The number of aliphatic hydroxyl groups excluding tert-OH is 2. The van der Waals surface area contributed by atoms with E-state index < -0.39 is 30.3 Å². The van der Waals surface area contributed by atoms with E-state index in [4.69, 9.17) is 9.47 Å². The largest absolute Gasteiger partial charge is 0.670 e. The molecule has 8 heteroatoms. The molecule has 1 aliphatic heterocycles. The number of fused-ring (bicyclic) bond motifs is 1. The van der Waals surface area contributed by atoms with E-state index in [0.717, 1.165) is 36.8 Å². The number of methoxy groups -OCH3 is 1. The molecular formula is C33H42NO7-. The van der Waals surface area contributed by atoms with Crippen LogP contribution in [0.3, 0.4) is 0 Å². The fraction of sp³-hybridized carbons (Fsp3) is 0.515. The predicted octanol–water partition coefficient (Wildman–Crippen LogP) is 5.22. The Morgan fingerprint density at radius 3 is 2.54 bits per heavy atom. The Labute approximate surface area is 241 Å². The first-order chi connectivity index (χ1) is 19.7. The van der Waals surface area contributed by atoms with Crippen LogP contribution in [-0.2, 0) is 24.2 Å². The van der Waals surface area contributed by atoms with E-state index in [9.17, 15) is 25.5 Å². The Bertz CT molecular complexity index is 1340. The number of hydrogen-bond donors (Lipinski definition) is 5. The Balaban J connectivity index is 1.46. The molecule has 2 aliphatic rings. The monoisotopic (exact) mass is 564 g/mol. The molecule has 5 atom stereocenters. The molecule has 1 saturated heterocycles. The first-order valence-corrected chi connectivity index (χ1v) is 14.7. The average molecular weight is 565 g/mol. The number of aromatic nitrogens is 1. The van der Waals surface area contributed by atoms with Crippen molar-refractivity contribution in [1.29, 1.82) is 0 Å². The zero-order valence-electron chi connectivity index (χ0n) is 24.1. The summed E-state index contributed by atoms with van der Waals surface area (Å²) in [6, 6.07) is 7.77. The minimum Gasteiger partial charge on any atom is -0.670 e. The van der Waals surface area contributed by atoms with Gasteiger partial charge < -0.3 is 40.0 Å². The lowest BCUT2D eigenvalue weighted by Gasteiger charge is -2.45. The molecule has 3 aromatic rings. The van der Waals surface area contributed by atoms with Crippen LogP contribution in [0.2, 0.25) is 0 Å². The second kappa shape index (κ2) is 12.3. The van der Waals surface area contributed by atoms with Crippen molar-refractivity contribution in [3.63, 3.8) is 0 Å². The van der Waals surface area contributed by atoms with Crippen LogP contribution >= 0.6 is 0 Å². The van der Waals surface area contributed by atoms with Crippen LogP contribution in [0.1, 0.15) is 91.4 Å². The van der Waals surface area contributed by atoms with Gasteiger partial charge >= 0.3 is 0 Å². The highest BCUT2D eigenvalue weighted by atomic mass is 16.5. The minimum absolute atomic E-state index is 0.0204. The average Bonchev–Trinajstić information content (AvgIpc) is 3.47. The summed E-state index contributed by atoms with van der Waals surface area (Å²) in [5, 5.41) is 53.7. The lowest BCUT2D eigenvalue weighted by molar-refractivity contribution is -0.154. The van der Waals surface area contributed by atoms with E-state index >= 15 is 0 Å². The number of phenolic OH excluding ortho intramolecular Hbond substituents is 2. The first-order valence-electron chi connectivity index (χ1n) is 14.7. The Kier molecular flexibility index (Phi) is 8.82. The van der Waals surface area contributed by atoms with Crippen LogP contribution in [0.5, 0.6) is 23.0 Å². The summed E-state index contributed by atoms with van der Waals surface area (Å²) in [4.78, 5) is 4.14. The van der Waals surface area contributed by atoms with Crippen molar-refractivity contribution in [2.75, 3.05) is 7.11 Å². The molecule has 0 amide bonds. The first kappa shape index (κ1) is 29.3. The number of benzene rings is 2. The molecule has 2 heterocycles. The lowest BCUT2D eigenvalue weighted by Crippen LogP contribution is -2.44. The number of phenols is 3. The van der Waals surface area contributed by atoms with Crippen LogP contribution in [0.15, 0.2) is 36.7 Å². The second-order valence-corrected chi connectivity index (χ2v) is 12.1. The summed E-state index contributed by atoms with van der Waals surface area (Å²) in [5.74, 6) is 0.326. The Morgan fingerprint density at radius 2 is 1.85 bits per heavy atom. The van der Waals surface area contributed by atoms with E-state index in [1.807, 2.05) is 12.1 Å². The van der Waals surface area contributed by atoms with Gasteiger partial charge in [-0.2, -0.15) is 12.4 Å². The minimum atomic E-state index is -0.622. The van der Waals surface area contributed by atoms with Crippen molar-refractivity contribution in [3.05, 3.63) is 70.0 Å². The molecule has 222 valence electrons. The van der Waals surface area contributed by atoms with E-state index in [0.29, 0.717) is 42.1 Å². The fourth-order valence-electron chi connectivity index (χ4n) is 6.80. The number of aliphatic hydroxyl groups is 2. The number of aryl methyl sites for hydroxylation is 1. The topological polar surface area (TPSA) is 134 Å². The molecule has 0 radical (unpaired) electrons. The zero-order chi connectivity index (χ0) is 29.3. The maximum Gasteiger partial charge on any atom is 0.201 e. The predicted molar refractivity (Wildman–Crippen MR) is 154 cm³/mol. The zero-order valence-corrected chi connectivity index (χ0v) is 24.1. The van der Waals surface area contributed by atoms with Crippen molar-refractivity contribution >= 4 is 0 Å². The molecule has 41 heavy (non-hydrogen) atoms. The van der Waals surface area contributed by atoms with Crippen molar-refractivity contribution in [2.24, 2.45) is 11.8 Å². The van der Waals surface area contributed by atoms with Gasteiger partial charge in [-0.05, 0) is 73.1 Å². The number of aromatic hydroxyl groups is 3. The van der Waals surface area contributed by atoms with Gasteiger partial charge in [0.05, 0.1) is 32.0 Å². The molecule has 1 saturated carbocycles. The van der Waals surface area contributed by atoms with E-state index in [2.05, 4.69) is 24.9 Å². The molecule has 5 rings (SSSR count). The summed E-state index contributed by atoms with van der Waals surface area (Å²) in [7, 11) is 1.43. The highest BCUT2D eigenvalue weighted by molar-refractivity contribution is 5.64. The molecular weight excluding hydrogens is 522 g/mol. The van der Waals surface area contributed by atoms with E-state index in [1.54, 1.807) is 18.5 Å². The summed E-state index contributed by atoms with van der Waals surface area (Å²) in [6.45, 7) is 3.85. The van der Waals surface area contributed by atoms with Gasteiger partial charge in [0.25, 0.3) is 0 Å². The number of hydrogen-bond acceptors (Lipinski definition) is 7. The van der Waals surface area contributed by atoms with Gasteiger partial charge in [-0.1, -0.05) is 37.6 Å². The third-order valence-corrected chi connectivity index (χ3v) is 9.03. The van der Waals surface area contributed by atoms with Crippen LogP contribution in [0.4, 0.5) is 0 Å². The van der Waals surface area contributed by atoms with Crippen LogP contribution in [0, 0.1) is 11.8 Å². The SMILES string of the molecule is COc1c(O)c(O)c(CO)c(C2CC(O)C3CCC(c4ccc(O)c(CCC(C)C)c4)CC3O2)c1Cc1cc[n-]c1. The second-order valence-electron chi connectivity index (χ2n) is 12.1. The van der Waals surface area contributed by atoms with Gasteiger partial charge in [-0.15, -0.1) is 0 Å². The van der Waals surface area contributed by atoms with Gasteiger partial charge in [0, 0.05) is 23.5 Å². The molecule has 8 nitrogen and oxygen atoms in total. The van der Waals surface area contributed by atoms with Crippen LogP contribution in [-0.4, -0.2) is 44.9 Å². The van der Waals surface area contributed by atoms with Crippen molar-refractivity contribution < 1.29 is 35.0 Å².